The molecule has 0 fully saturated rings. The molecule has 0 aliphatic rings. The summed E-state index contributed by atoms with van der Waals surface area (Å²) in [4.78, 5) is 44.4. The lowest BCUT2D eigenvalue weighted by Crippen LogP contribution is -2.42. The maximum Gasteiger partial charge on any atom is 0.361 e. The summed E-state index contributed by atoms with van der Waals surface area (Å²) in [7, 11) is -0.571. The summed E-state index contributed by atoms with van der Waals surface area (Å²) < 4.78 is 35.7. The summed E-state index contributed by atoms with van der Waals surface area (Å²) in [5.41, 5.74) is 1.66. The molecule has 1 amide bonds. The molecule has 0 radical (unpaired) electrons. The molecule has 3 rings (SSSR count). The Balaban J connectivity index is 1.89. The fraction of sp³-hybridized carbons (Fsp3) is 0.273. The second-order valence-electron chi connectivity index (χ2n) is 7.36. The smallest absolute Gasteiger partial charge is 0.361 e. The van der Waals surface area contributed by atoms with Gasteiger partial charge in [-0.15, -0.1) is 15.0 Å². The Kier molecular flexibility index (Phi) is 8.11. The SMILES string of the molecule is CCOC(=O)c1nnc(C(=O)NNS(=O)(=O)c2cccc3c(N(C)C)cccc23)nc1C(=O)OCC. The van der Waals surface area contributed by atoms with Crippen LogP contribution in [0.25, 0.3) is 10.8 Å². The summed E-state index contributed by atoms with van der Waals surface area (Å²) >= 11 is 0. The van der Waals surface area contributed by atoms with Crippen molar-refractivity contribution in [3.05, 3.63) is 53.6 Å². The Bertz CT molecular complexity index is 1430. The third-order valence-corrected chi connectivity index (χ3v) is 6.06. The number of ether oxygens (including phenoxy) is 2. The molecule has 0 unspecified atom stereocenters. The summed E-state index contributed by atoms with van der Waals surface area (Å²) in [5.74, 6) is -3.82. The molecule has 0 aliphatic heterocycles. The highest BCUT2D eigenvalue weighted by atomic mass is 32.2. The van der Waals surface area contributed by atoms with Crippen molar-refractivity contribution in [2.75, 3.05) is 32.2 Å². The Morgan fingerprint density at radius 1 is 0.889 bits per heavy atom. The second kappa shape index (κ2) is 11.0. The first-order valence-electron chi connectivity index (χ1n) is 10.7. The minimum atomic E-state index is -4.24. The Morgan fingerprint density at radius 3 is 2.14 bits per heavy atom. The molecular weight excluding hydrogens is 492 g/mol. The molecule has 2 aromatic carbocycles. The summed E-state index contributed by atoms with van der Waals surface area (Å²) in [6, 6.07) is 9.96. The Hall–Kier alpha value is -4.17. The van der Waals surface area contributed by atoms with Crippen LogP contribution in [-0.2, 0) is 19.5 Å². The zero-order chi connectivity index (χ0) is 26.5. The van der Waals surface area contributed by atoms with Gasteiger partial charge in [0.1, 0.15) is 0 Å². The normalized spacial score (nSPS) is 11.1. The topological polar surface area (TPSA) is 170 Å². The number of benzene rings is 2. The van der Waals surface area contributed by atoms with E-state index in [1.807, 2.05) is 35.3 Å². The molecule has 190 valence electrons. The minimum Gasteiger partial charge on any atom is -0.461 e. The number of nitrogens with one attached hydrogen (secondary N) is 2. The maximum absolute atomic E-state index is 13.0. The molecule has 2 N–H and O–H groups in total. The number of hydrazine groups is 1. The van der Waals surface area contributed by atoms with Gasteiger partial charge in [0, 0.05) is 30.6 Å². The highest BCUT2D eigenvalue weighted by Gasteiger charge is 2.27. The lowest BCUT2D eigenvalue weighted by atomic mass is 10.1. The van der Waals surface area contributed by atoms with Crippen LogP contribution >= 0.6 is 0 Å². The van der Waals surface area contributed by atoms with Crippen molar-refractivity contribution >= 4 is 44.3 Å². The number of fused-ring (bicyclic) bond motifs is 1. The van der Waals surface area contributed by atoms with Crippen LogP contribution in [0.5, 0.6) is 0 Å². The number of carbonyl (C=O) groups excluding carboxylic acids is 3. The van der Waals surface area contributed by atoms with Crippen molar-refractivity contribution < 1.29 is 32.3 Å². The van der Waals surface area contributed by atoms with Gasteiger partial charge in [-0.3, -0.25) is 10.2 Å². The average molecular weight is 517 g/mol. The van der Waals surface area contributed by atoms with Gasteiger partial charge in [0.15, 0.2) is 5.69 Å². The summed E-state index contributed by atoms with van der Waals surface area (Å²) in [5, 5.41) is 8.21. The van der Waals surface area contributed by atoms with Gasteiger partial charge in [0.25, 0.3) is 10.0 Å². The number of hydrogen-bond acceptors (Lipinski definition) is 11. The minimum absolute atomic E-state index is 0.00298. The zero-order valence-corrected chi connectivity index (χ0v) is 20.7. The largest absolute Gasteiger partial charge is 0.461 e. The summed E-state index contributed by atoms with van der Waals surface area (Å²) in [6.45, 7) is 3.05. The number of hydrogen-bond donors (Lipinski definition) is 2. The predicted octanol–water partition coefficient (Wildman–Crippen LogP) is 1.07. The monoisotopic (exact) mass is 516 g/mol. The average Bonchev–Trinajstić information content (AvgIpc) is 2.86. The van der Waals surface area contributed by atoms with E-state index >= 15 is 0 Å². The van der Waals surface area contributed by atoms with Crippen LogP contribution in [0.3, 0.4) is 0 Å². The van der Waals surface area contributed by atoms with E-state index in [2.05, 4.69) is 15.2 Å². The number of nitrogens with zero attached hydrogens (tertiary/aromatic N) is 4. The van der Waals surface area contributed by atoms with E-state index in [0.29, 0.717) is 10.8 Å². The molecule has 36 heavy (non-hydrogen) atoms. The lowest BCUT2D eigenvalue weighted by Gasteiger charge is -2.17. The first-order valence-corrected chi connectivity index (χ1v) is 12.2. The van der Waals surface area contributed by atoms with Crippen LogP contribution in [0.4, 0.5) is 5.69 Å². The van der Waals surface area contributed by atoms with Crippen LogP contribution in [0.15, 0.2) is 41.3 Å². The van der Waals surface area contributed by atoms with Gasteiger partial charge in [0.2, 0.25) is 11.5 Å². The highest BCUT2D eigenvalue weighted by Crippen LogP contribution is 2.29. The van der Waals surface area contributed by atoms with Crippen LogP contribution in [0.1, 0.15) is 45.4 Å². The van der Waals surface area contributed by atoms with Gasteiger partial charge in [-0.1, -0.05) is 24.3 Å². The Morgan fingerprint density at radius 2 is 1.50 bits per heavy atom. The zero-order valence-electron chi connectivity index (χ0n) is 19.9. The van der Waals surface area contributed by atoms with E-state index in [9.17, 15) is 22.8 Å². The van der Waals surface area contributed by atoms with Crippen molar-refractivity contribution in [2.24, 2.45) is 0 Å². The van der Waals surface area contributed by atoms with Crippen LogP contribution < -0.4 is 15.2 Å². The van der Waals surface area contributed by atoms with Crippen molar-refractivity contribution in [3.63, 3.8) is 0 Å². The maximum atomic E-state index is 13.0. The molecule has 3 aromatic rings. The van der Waals surface area contributed by atoms with E-state index < -0.39 is 45.1 Å². The third kappa shape index (κ3) is 5.55. The van der Waals surface area contributed by atoms with Gasteiger partial charge < -0.3 is 14.4 Å². The van der Waals surface area contributed by atoms with E-state index in [1.54, 1.807) is 31.2 Å². The van der Waals surface area contributed by atoms with Crippen LogP contribution in [-0.4, -0.2) is 68.8 Å². The molecule has 0 saturated carbocycles. The van der Waals surface area contributed by atoms with Gasteiger partial charge in [-0.25, -0.2) is 23.0 Å². The third-order valence-electron chi connectivity index (χ3n) is 4.76. The number of carbonyl (C=O) groups is 3. The highest BCUT2D eigenvalue weighted by molar-refractivity contribution is 7.89. The molecule has 1 aromatic heterocycles. The molecular formula is C22H24N6O7S. The molecule has 0 atom stereocenters. The molecule has 0 aliphatic carbocycles. The Labute approximate surface area is 206 Å². The predicted molar refractivity (Wildman–Crippen MR) is 128 cm³/mol. The molecule has 14 heteroatoms. The molecule has 1 heterocycles. The van der Waals surface area contributed by atoms with E-state index in [-0.39, 0.29) is 18.1 Å². The lowest BCUT2D eigenvalue weighted by molar-refractivity contribution is 0.0465. The number of anilines is 1. The van der Waals surface area contributed by atoms with Gasteiger partial charge in [0.05, 0.1) is 18.1 Å². The summed E-state index contributed by atoms with van der Waals surface area (Å²) in [6.07, 6.45) is 0. The number of sulfonamides is 1. The quantitative estimate of drug-likeness (QED) is 0.308. The second-order valence-corrected chi connectivity index (χ2v) is 9.01. The van der Waals surface area contributed by atoms with Crippen LogP contribution in [0, 0.1) is 0 Å². The van der Waals surface area contributed by atoms with E-state index in [4.69, 9.17) is 9.47 Å². The molecule has 0 saturated heterocycles. The van der Waals surface area contributed by atoms with Crippen LogP contribution in [0.2, 0.25) is 0 Å². The number of amides is 1. The molecule has 13 nitrogen and oxygen atoms in total. The van der Waals surface area contributed by atoms with E-state index in [0.717, 1.165) is 5.69 Å². The van der Waals surface area contributed by atoms with Gasteiger partial charge in [-0.05, 0) is 26.0 Å². The van der Waals surface area contributed by atoms with Crippen molar-refractivity contribution in [3.8, 4) is 0 Å². The van der Waals surface area contributed by atoms with Crippen molar-refractivity contribution in [2.45, 2.75) is 18.7 Å². The molecule has 0 spiro atoms. The standard InChI is InChI=1S/C22H24N6O7S/c1-5-34-21(30)17-18(22(31)35-6-2)24-25-19(23-17)20(29)26-27-36(32,33)16-12-8-9-13-14(16)10-7-11-15(13)28(3)4/h7-12,27H,5-6H2,1-4H3,(H,26,29). The first-order chi connectivity index (χ1) is 17.1. The van der Waals surface area contributed by atoms with Crippen molar-refractivity contribution in [1.82, 2.24) is 25.4 Å². The van der Waals surface area contributed by atoms with Gasteiger partial charge in [-0.2, -0.15) is 0 Å². The fourth-order valence-electron chi connectivity index (χ4n) is 3.21. The van der Waals surface area contributed by atoms with Gasteiger partial charge >= 0.3 is 17.8 Å². The fourth-order valence-corrected chi connectivity index (χ4v) is 4.28. The van der Waals surface area contributed by atoms with E-state index in [1.165, 1.54) is 13.0 Å². The van der Waals surface area contributed by atoms with Crippen molar-refractivity contribution in [1.29, 1.82) is 0 Å². The number of aromatic nitrogens is 3. The number of esters is 2. The molecule has 0 bridgehead atoms. The first kappa shape index (κ1) is 26.4. The number of rotatable bonds is 9.